The van der Waals surface area contributed by atoms with Crippen LogP contribution in [0.1, 0.15) is 13.3 Å². The number of nitrogens with zero attached hydrogens (tertiary/aromatic N) is 1. The van der Waals surface area contributed by atoms with Crippen molar-refractivity contribution in [3.8, 4) is 6.07 Å². The lowest BCUT2D eigenvalue weighted by atomic mass is 10.1. The first kappa shape index (κ1) is 7.90. The van der Waals surface area contributed by atoms with Crippen LogP contribution in [0.4, 0.5) is 0 Å². The molecular formula is C7H11NOS. The van der Waals surface area contributed by atoms with Crippen molar-refractivity contribution >= 4 is 11.8 Å². The first-order chi connectivity index (χ1) is 4.83. The summed E-state index contributed by atoms with van der Waals surface area (Å²) in [6.07, 6.45) is 0.891. The maximum absolute atomic E-state index is 8.76. The van der Waals surface area contributed by atoms with Gasteiger partial charge in [0.05, 0.1) is 6.07 Å². The Balaban J connectivity index is 2.51. The summed E-state index contributed by atoms with van der Waals surface area (Å²) < 4.78 is 5.36. The van der Waals surface area contributed by atoms with Gasteiger partial charge in [-0.3, -0.25) is 0 Å². The van der Waals surface area contributed by atoms with Gasteiger partial charge >= 0.3 is 0 Å². The average Bonchev–Trinajstić information content (AvgIpc) is 2.39. The lowest BCUT2D eigenvalue weighted by molar-refractivity contribution is 0.0260. The topological polar surface area (TPSA) is 33.0 Å². The number of hydrogen-bond acceptors (Lipinski definition) is 3. The van der Waals surface area contributed by atoms with E-state index in [2.05, 4.69) is 6.07 Å². The van der Waals surface area contributed by atoms with Gasteiger partial charge in [-0.05, 0) is 19.1 Å². The highest BCUT2D eigenvalue weighted by molar-refractivity contribution is 7.99. The van der Waals surface area contributed by atoms with E-state index in [0.29, 0.717) is 6.61 Å². The minimum Gasteiger partial charge on any atom is -0.360 e. The quantitative estimate of drug-likeness (QED) is 0.607. The standard InChI is InChI=1S/C7H11NOS/c1-2-9-7(5-8)3-4-10-6-7/h2-4,6H2,1H3. The summed E-state index contributed by atoms with van der Waals surface area (Å²) in [7, 11) is 0. The van der Waals surface area contributed by atoms with Crippen molar-refractivity contribution in [3.63, 3.8) is 0 Å². The van der Waals surface area contributed by atoms with Crippen LogP contribution in [0.2, 0.25) is 0 Å². The van der Waals surface area contributed by atoms with Crippen molar-refractivity contribution in [2.75, 3.05) is 18.1 Å². The number of ether oxygens (including phenoxy) is 1. The van der Waals surface area contributed by atoms with Crippen molar-refractivity contribution in [2.24, 2.45) is 0 Å². The molecule has 0 aromatic carbocycles. The van der Waals surface area contributed by atoms with Crippen LogP contribution in [0.5, 0.6) is 0 Å². The number of hydrogen-bond donors (Lipinski definition) is 0. The molecule has 1 unspecified atom stereocenters. The van der Waals surface area contributed by atoms with Gasteiger partial charge in [-0.2, -0.15) is 17.0 Å². The fourth-order valence-electron chi connectivity index (χ4n) is 1.06. The molecular weight excluding hydrogens is 146 g/mol. The molecule has 1 rings (SSSR count). The third kappa shape index (κ3) is 1.44. The van der Waals surface area contributed by atoms with E-state index >= 15 is 0 Å². The molecule has 10 heavy (non-hydrogen) atoms. The van der Waals surface area contributed by atoms with E-state index in [0.717, 1.165) is 17.9 Å². The zero-order chi connectivity index (χ0) is 7.45. The predicted octanol–water partition coefficient (Wildman–Crippen LogP) is 1.42. The van der Waals surface area contributed by atoms with E-state index in [1.807, 2.05) is 6.92 Å². The second-order valence-electron chi connectivity index (χ2n) is 2.34. The second-order valence-corrected chi connectivity index (χ2v) is 3.45. The minimum atomic E-state index is -0.445. The minimum absolute atomic E-state index is 0.445. The molecule has 0 aliphatic carbocycles. The molecule has 0 bridgehead atoms. The highest BCUT2D eigenvalue weighted by Gasteiger charge is 2.34. The van der Waals surface area contributed by atoms with Crippen LogP contribution in [0.15, 0.2) is 0 Å². The van der Waals surface area contributed by atoms with Crippen LogP contribution in [-0.4, -0.2) is 23.7 Å². The predicted molar refractivity (Wildman–Crippen MR) is 41.9 cm³/mol. The van der Waals surface area contributed by atoms with Gasteiger partial charge in [0, 0.05) is 12.4 Å². The summed E-state index contributed by atoms with van der Waals surface area (Å²) in [5, 5.41) is 8.76. The van der Waals surface area contributed by atoms with E-state index in [-0.39, 0.29) is 0 Å². The van der Waals surface area contributed by atoms with Crippen LogP contribution in [0.25, 0.3) is 0 Å². The lowest BCUT2D eigenvalue weighted by Gasteiger charge is -2.18. The van der Waals surface area contributed by atoms with Crippen LogP contribution in [-0.2, 0) is 4.74 Å². The normalized spacial score (nSPS) is 32.0. The Morgan fingerprint density at radius 3 is 3.00 bits per heavy atom. The van der Waals surface area contributed by atoms with E-state index in [9.17, 15) is 0 Å². The van der Waals surface area contributed by atoms with Crippen molar-refractivity contribution < 1.29 is 4.74 Å². The third-order valence-electron chi connectivity index (χ3n) is 1.61. The summed E-state index contributed by atoms with van der Waals surface area (Å²) in [6.45, 7) is 2.58. The van der Waals surface area contributed by atoms with Crippen molar-refractivity contribution in [2.45, 2.75) is 18.9 Å². The van der Waals surface area contributed by atoms with Gasteiger partial charge in [0.25, 0.3) is 0 Å². The maximum atomic E-state index is 8.76. The first-order valence-corrected chi connectivity index (χ1v) is 4.61. The van der Waals surface area contributed by atoms with Gasteiger partial charge < -0.3 is 4.74 Å². The van der Waals surface area contributed by atoms with Crippen LogP contribution in [0, 0.1) is 11.3 Å². The molecule has 0 spiro atoms. The molecule has 0 amide bonds. The highest BCUT2D eigenvalue weighted by atomic mass is 32.2. The molecule has 1 atom stereocenters. The fraction of sp³-hybridized carbons (Fsp3) is 0.857. The molecule has 56 valence electrons. The maximum Gasteiger partial charge on any atom is 0.163 e. The summed E-state index contributed by atoms with van der Waals surface area (Å²) in [6, 6.07) is 2.24. The van der Waals surface area contributed by atoms with Crippen molar-refractivity contribution in [3.05, 3.63) is 0 Å². The summed E-state index contributed by atoms with van der Waals surface area (Å²) in [4.78, 5) is 0. The molecule has 1 aliphatic heterocycles. The Kier molecular flexibility index (Phi) is 2.58. The summed E-state index contributed by atoms with van der Waals surface area (Å²) >= 11 is 1.80. The van der Waals surface area contributed by atoms with Gasteiger partial charge in [0.1, 0.15) is 0 Å². The Bertz CT molecular complexity index is 146. The molecule has 0 N–H and O–H groups in total. The SMILES string of the molecule is CCOC1(C#N)CCSC1. The molecule has 1 saturated heterocycles. The van der Waals surface area contributed by atoms with Crippen molar-refractivity contribution in [1.82, 2.24) is 0 Å². The van der Waals surface area contributed by atoms with Crippen LogP contribution < -0.4 is 0 Å². The molecule has 3 heteroatoms. The van der Waals surface area contributed by atoms with Gasteiger partial charge in [-0.1, -0.05) is 0 Å². The van der Waals surface area contributed by atoms with E-state index in [4.69, 9.17) is 10.00 Å². The number of nitriles is 1. The lowest BCUT2D eigenvalue weighted by Crippen LogP contribution is -2.30. The zero-order valence-electron chi connectivity index (χ0n) is 6.09. The highest BCUT2D eigenvalue weighted by Crippen LogP contribution is 2.30. The smallest absolute Gasteiger partial charge is 0.163 e. The second kappa shape index (κ2) is 3.27. The molecule has 0 radical (unpaired) electrons. The third-order valence-corrected chi connectivity index (χ3v) is 2.77. The number of thioether (sulfide) groups is 1. The van der Waals surface area contributed by atoms with E-state index in [1.54, 1.807) is 11.8 Å². The first-order valence-electron chi connectivity index (χ1n) is 3.46. The average molecular weight is 157 g/mol. The van der Waals surface area contributed by atoms with Gasteiger partial charge in [-0.15, -0.1) is 0 Å². The largest absolute Gasteiger partial charge is 0.360 e. The van der Waals surface area contributed by atoms with Gasteiger partial charge in [0.2, 0.25) is 0 Å². The van der Waals surface area contributed by atoms with Gasteiger partial charge in [-0.25, -0.2) is 0 Å². The Morgan fingerprint density at radius 1 is 1.80 bits per heavy atom. The summed E-state index contributed by atoms with van der Waals surface area (Å²) in [5.41, 5.74) is -0.445. The fourth-order valence-corrected chi connectivity index (χ4v) is 2.30. The molecule has 1 aliphatic rings. The number of rotatable bonds is 2. The molecule has 0 saturated carbocycles. The molecule has 2 nitrogen and oxygen atoms in total. The van der Waals surface area contributed by atoms with Crippen LogP contribution in [0.3, 0.4) is 0 Å². The van der Waals surface area contributed by atoms with Crippen molar-refractivity contribution in [1.29, 1.82) is 5.26 Å². The molecule has 0 aromatic rings. The zero-order valence-corrected chi connectivity index (χ0v) is 6.91. The molecule has 0 aromatic heterocycles. The Morgan fingerprint density at radius 2 is 2.60 bits per heavy atom. The monoisotopic (exact) mass is 157 g/mol. The Hall–Kier alpha value is -0.200. The molecule has 1 heterocycles. The summed E-state index contributed by atoms with van der Waals surface area (Å²) in [5.74, 6) is 1.91. The van der Waals surface area contributed by atoms with E-state index in [1.165, 1.54) is 0 Å². The Labute approximate surface area is 65.6 Å². The molecule has 1 fully saturated rings. The van der Waals surface area contributed by atoms with Crippen LogP contribution >= 0.6 is 11.8 Å². The van der Waals surface area contributed by atoms with E-state index < -0.39 is 5.60 Å². The van der Waals surface area contributed by atoms with Gasteiger partial charge in [0.15, 0.2) is 5.60 Å².